The fourth-order valence-corrected chi connectivity index (χ4v) is 2.51. The van der Waals surface area contributed by atoms with Crippen LogP contribution in [0.2, 0.25) is 0 Å². The molecule has 0 bridgehead atoms. The van der Waals surface area contributed by atoms with E-state index in [9.17, 15) is 4.79 Å². The highest BCUT2D eigenvalue weighted by Gasteiger charge is 2.25. The van der Waals surface area contributed by atoms with E-state index in [4.69, 9.17) is 10.5 Å². The number of amides is 1. The van der Waals surface area contributed by atoms with E-state index in [2.05, 4.69) is 5.10 Å². The van der Waals surface area contributed by atoms with Crippen molar-refractivity contribution in [2.45, 2.75) is 45.9 Å². The molecule has 1 fully saturated rings. The van der Waals surface area contributed by atoms with Crippen LogP contribution in [0.5, 0.6) is 0 Å². The first-order chi connectivity index (χ1) is 9.45. The van der Waals surface area contributed by atoms with Crippen LogP contribution in [-0.4, -0.2) is 52.4 Å². The summed E-state index contributed by atoms with van der Waals surface area (Å²) in [4.78, 5) is 13.9. The number of rotatable bonds is 4. The molecular formula is C14H26Cl2N4O2. The Bertz CT molecular complexity index is 479. The molecule has 2 unspecified atom stereocenters. The third-order valence-electron chi connectivity index (χ3n) is 3.47. The zero-order valence-corrected chi connectivity index (χ0v) is 15.0. The largest absolute Gasteiger partial charge is 0.373 e. The van der Waals surface area contributed by atoms with Crippen LogP contribution in [0.3, 0.4) is 0 Å². The summed E-state index contributed by atoms with van der Waals surface area (Å²) in [6.07, 6.45) is 0.394. The zero-order chi connectivity index (χ0) is 14.7. The molecule has 1 aliphatic rings. The Morgan fingerprint density at radius 3 is 2.73 bits per heavy atom. The van der Waals surface area contributed by atoms with Crippen LogP contribution in [0.15, 0.2) is 6.07 Å². The van der Waals surface area contributed by atoms with Crippen LogP contribution in [-0.2, 0) is 16.1 Å². The maximum Gasteiger partial charge on any atom is 0.224 e. The second-order valence-electron chi connectivity index (χ2n) is 5.62. The second-order valence-corrected chi connectivity index (χ2v) is 5.62. The zero-order valence-electron chi connectivity index (χ0n) is 13.3. The first-order valence-corrected chi connectivity index (χ1v) is 7.11. The van der Waals surface area contributed by atoms with Crippen molar-refractivity contribution in [1.29, 1.82) is 0 Å². The van der Waals surface area contributed by atoms with Gasteiger partial charge >= 0.3 is 0 Å². The second kappa shape index (κ2) is 9.35. The van der Waals surface area contributed by atoms with Gasteiger partial charge in [0.05, 0.1) is 24.9 Å². The summed E-state index contributed by atoms with van der Waals surface area (Å²) in [5.41, 5.74) is 7.81. The topological polar surface area (TPSA) is 73.4 Å². The Labute approximate surface area is 144 Å². The molecule has 0 spiro atoms. The molecule has 2 heterocycles. The van der Waals surface area contributed by atoms with E-state index in [1.165, 1.54) is 0 Å². The molecular weight excluding hydrogens is 327 g/mol. The van der Waals surface area contributed by atoms with Crippen molar-refractivity contribution in [2.24, 2.45) is 5.73 Å². The van der Waals surface area contributed by atoms with E-state index in [1.54, 1.807) is 0 Å². The summed E-state index contributed by atoms with van der Waals surface area (Å²) in [6, 6.07) is 1.95. The van der Waals surface area contributed by atoms with Gasteiger partial charge in [-0.15, -0.1) is 24.8 Å². The van der Waals surface area contributed by atoms with Gasteiger partial charge < -0.3 is 15.4 Å². The van der Waals surface area contributed by atoms with Gasteiger partial charge in [0.25, 0.3) is 0 Å². The average Bonchev–Trinajstić information content (AvgIpc) is 2.67. The number of nitrogens with zero attached hydrogens (tertiary/aromatic N) is 3. The summed E-state index contributed by atoms with van der Waals surface area (Å²) < 4.78 is 7.69. The molecule has 1 aliphatic heterocycles. The molecule has 8 heteroatoms. The van der Waals surface area contributed by atoms with Gasteiger partial charge in [-0.3, -0.25) is 9.48 Å². The predicted molar refractivity (Wildman–Crippen MR) is 90.8 cm³/mol. The van der Waals surface area contributed by atoms with Crippen molar-refractivity contribution < 1.29 is 9.53 Å². The molecule has 2 rings (SSSR count). The average molecular weight is 353 g/mol. The third kappa shape index (κ3) is 5.76. The maximum atomic E-state index is 12.0. The SMILES string of the molecule is Cc1cc(C)n(CC2CN(C(=O)CC(C)N)CCO2)n1.Cl.Cl. The van der Waals surface area contributed by atoms with Crippen molar-refractivity contribution in [3.8, 4) is 0 Å². The van der Waals surface area contributed by atoms with E-state index >= 15 is 0 Å². The van der Waals surface area contributed by atoms with Gasteiger partial charge in [-0.05, 0) is 26.8 Å². The lowest BCUT2D eigenvalue weighted by Gasteiger charge is -2.33. The molecule has 6 nitrogen and oxygen atoms in total. The molecule has 2 N–H and O–H groups in total. The molecule has 1 saturated heterocycles. The Morgan fingerprint density at radius 1 is 1.50 bits per heavy atom. The number of ether oxygens (including phenoxy) is 1. The van der Waals surface area contributed by atoms with Gasteiger partial charge in [-0.2, -0.15) is 5.10 Å². The number of aromatic nitrogens is 2. The summed E-state index contributed by atoms with van der Waals surface area (Å²) in [5, 5.41) is 4.44. The Kier molecular flexibility index (Phi) is 9.00. The van der Waals surface area contributed by atoms with E-state index in [1.807, 2.05) is 36.4 Å². The number of carbonyl (C=O) groups excluding carboxylic acids is 1. The highest BCUT2D eigenvalue weighted by molar-refractivity contribution is 5.85. The molecule has 1 amide bonds. The lowest BCUT2D eigenvalue weighted by molar-refractivity contribution is -0.139. The minimum absolute atomic E-state index is 0. The van der Waals surface area contributed by atoms with Crippen LogP contribution >= 0.6 is 24.8 Å². The van der Waals surface area contributed by atoms with Crippen LogP contribution < -0.4 is 5.73 Å². The number of aryl methyl sites for hydroxylation is 2. The first kappa shape index (κ1) is 21.2. The fraction of sp³-hybridized carbons (Fsp3) is 0.714. The quantitative estimate of drug-likeness (QED) is 0.886. The summed E-state index contributed by atoms with van der Waals surface area (Å²) >= 11 is 0. The molecule has 2 atom stereocenters. The van der Waals surface area contributed by atoms with E-state index in [0.717, 1.165) is 11.4 Å². The van der Waals surface area contributed by atoms with Crippen LogP contribution in [0.25, 0.3) is 0 Å². The lowest BCUT2D eigenvalue weighted by Crippen LogP contribution is -2.48. The highest BCUT2D eigenvalue weighted by Crippen LogP contribution is 2.11. The summed E-state index contributed by atoms with van der Waals surface area (Å²) in [7, 11) is 0. The van der Waals surface area contributed by atoms with Crippen molar-refractivity contribution in [1.82, 2.24) is 14.7 Å². The highest BCUT2D eigenvalue weighted by atomic mass is 35.5. The number of hydrogen-bond acceptors (Lipinski definition) is 4. The molecule has 1 aromatic heterocycles. The third-order valence-corrected chi connectivity index (χ3v) is 3.47. The summed E-state index contributed by atoms with van der Waals surface area (Å²) in [6.45, 7) is 8.39. The van der Waals surface area contributed by atoms with Crippen molar-refractivity contribution in [3.05, 3.63) is 17.5 Å². The monoisotopic (exact) mass is 352 g/mol. The Hall–Kier alpha value is -0.820. The normalized spacial score (nSPS) is 19.1. The van der Waals surface area contributed by atoms with Crippen LogP contribution in [0, 0.1) is 13.8 Å². The Balaban J connectivity index is 0.00000220. The minimum Gasteiger partial charge on any atom is -0.373 e. The lowest BCUT2D eigenvalue weighted by atomic mass is 10.2. The summed E-state index contributed by atoms with van der Waals surface area (Å²) in [5.74, 6) is 0.113. The maximum absolute atomic E-state index is 12.0. The fourth-order valence-electron chi connectivity index (χ4n) is 2.51. The molecule has 1 aromatic rings. The number of halogens is 2. The van der Waals surface area contributed by atoms with Gasteiger partial charge in [0.1, 0.15) is 0 Å². The van der Waals surface area contributed by atoms with Gasteiger partial charge in [0.15, 0.2) is 0 Å². The molecule has 0 saturated carbocycles. The van der Waals surface area contributed by atoms with Gasteiger partial charge in [0, 0.05) is 31.2 Å². The number of morpholine rings is 1. The van der Waals surface area contributed by atoms with Crippen molar-refractivity contribution in [2.75, 3.05) is 19.7 Å². The van der Waals surface area contributed by atoms with Crippen LogP contribution in [0.4, 0.5) is 0 Å². The van der Waals surface area contributed by atoms with E-state index < -0.39 is 0 Å². The van der Waals surface area contributed by atoms with Gasteiger partial charge in [0.2, 0.25) is 5.91 Å². The van der Waals surface area contributed by atoms with Crippen LogP contribution in [0.1, 0.15) is 24.7 Å². The van der Waals surface area contributed by atoms with E-state index in [-0.39, 0.29) is 42.9 Å². The van der Waals surface area contributed by atoms with Gasteiger partial charge in [-0.25, -0.2) is 0 Å². The number of hydrogen-bond donors (Lipinski definition) is 1. The van der Waals surface area contributed by atoms with Crippen molar-refractivity contribution in [3.63, 3.8) is 0 Å². The molecule has 128 valence electrons. The molecule has 22 heavy (non-hydrogen) atoms. The standard InChI is InChI=1S/C14H24N4O2.2ClH/c1-10(15)6-14(19)17-4-5-20-13(8-17)9-18-12(3)7-11(2)16-18;;/h7,10,13H,4-6,8-9,15H2,1-3H3;2*1H. The molecule has 0 aliphatic carbocycles. The molecule has 0 radical (unpaired) electrons. The smallest absolute Gasteiger partial charge is 0.224 e. The first-order valence-electron chi connectivity index (χ1n) is 7.11. The number of carbonyl (C=O) groups is 1. The van der Waals surface area contributed by atoms with Gasteiger partial charge in [-0.1, -0.05) is 0 Å². The Morgan fingerprint density at radius 2 is 2.18 bits per heavy atom. The minimum atomic E-state index is -0.0974. The molecule has 0 aromatic carbocycles. The predicted octanol–water partition coefficient (Wildman–Crippen LogP) is 1.31. The van der Waals surface area contributed by atoms with Crippen molar-refractivity contribution >= 4 is 30.7 Å². The number of nitrogens with two attached hydrogens (primary N) is 1. The van der Waals surface area contributed by atoms with E-state index in [0.29, 0.717) is 32.7 Å².